The molecule has 29 heavy (non-hydrogen) atoms. The summed E-state index contributed by atoms with van der Waals surface area (Å²) in [5, 5.41) is 11.3. The lowest BCUT2D eigenvalue weighted by molar-refractivity contribution is -0.144. The first-order valence-corrected chi connectivity index (χ1v) is 8.80. The Labute approximate surface area is 170 Å². The number of urea groups is 1. The van der Waals surface area contributed by atoms with E-state index < -0.39 is 29.9 Å². The van der Waals surface area contributed by atoms with Crippen molar-refractivity contribution in [1.82, 2.24) is 5.32 Å². The fourth-order valence-corrected chi connectivity index (χ4v) is 2.76. The Balaban J connectivity index is 1.87. The maximum Gasteiger partial charge on any atom is 0.344 e. The van der Waals surface area contributed by atoms with Crippen molar-refractivity contribution in [1.29, 1.82) is 0 Å². The number of anilines is 1. The molecule has 0 radical (unpaired) electrons. The van der Waals surface area contributed by atoms with Crippen LogP contribution < -0.4 is 15.0 Å². The molecular weight excluding hydrogens is 400 g/mol. The van der Waals surface area contributed by atoms with E-state index in [1.54, 1.807) is 24.3 Å². The van der Waals surface area contributed by atoms with E-state index in [0.29, 0.717) is 16.3 Å². The number of benzene rings is 2. The van der Waals surface area contributed by atoms with Gasteiger partial charge in [-0.05, 0) is 48.9 Å². The molecule has 0 unspecified atom stereocenters. The van der Waals surface area contributed by atoms with Crippen LogP contribution in [-0.4, -0.2) is 35.0 Å². The number of aliphatic carboxylic acids is 1. The average Bonchev–Trinajstić information content (AvgIpc) is 2.66. The zero-order valence-corrected chi connectivity index (χ0v) is 15.8. The first-order valence-electron chi connectivity index (χ1n) is 8.43. The summed E-state index contributed by atoms with van der Waals surface area (Å²) in [6, 6.07) is 11.4. The Morgan fingerprint density at radius 3 is 2.48 bits per heavy atom. The van der Waals surface area contributed by atoms with E-state index >= 15 is 0 Å². The molecule has 0 spiro atoms. The number of amides is 4. The number of carboxylic acids is 1. The van der Waals surface area contributed by atoms with Gasteiger partial charge in [0.15, 0.2) is 6.10 Å². The summed E-state index contributed by atoms with van der Waals surface area (Å²) in [5.41, 5.74) is 0.473. The number of ether oxygens (including phenoxy) is 1. The van der Waals surface area contributed by atoms with E-state index in [1.807, 2.05) is 0 Å². The molecule has 1 atom stereocenters. The molecule has 2 N–H and O–H groups in total. The largest absolute Gasteiger partial charge is 0.479 e. The summed E-state index contributed by atoms with van der Waals surface area (Å²) in [6.45, 7) is 1.39. The minimum Gasteiger partial charge on any atom is -0.479 e. The highest BCUT2D eigenvalue weighted by molar-refractivity contribution is 6.39. The molecule has 2 aromatic rings. The number of halogens is 1. The first kappa shape index (κ1) is 20.1. The maximum absolute atomic E-state index is 12.8. The van der Waals surface area contributed by atoms with E-state index in [-0.39, 0.29) is 11.3 Å². The second kappa shape index (κ2) is 8.15. The van der Waals surface area contributed by atoms with E-state index in [0.717, 1.165) is 4.90 Å². The Bertz CT molecular complexity index is 1030. The molecule has 8 nitrogen and oxygen atoms in total. The Hall–Kier alpha value is -3.65. The molecule has 1 aliphatic heterocycles. The van der Waals surface area contributed by atoms with Crippen molar-refractivity contribution >= 4 is 47.2 Å². The lowest BCUT2D eigenvalue weighted by Crippen LogP contribution is -2.54. The van der Waals surface area contributed by atoms with Crippen LogP contribution >= 0.6 is 11.6 Å². The molecule has 2 aromatic carbocycles. The minimum atomic E-state index is -1.11. The highest BCUT2D eigenvalue weighted by atomic mass is 35.5. The van der Waals surface area contributed by atoms with Crippen LogP contribution in [0.4, 0.5) is 10.5 Å². The van der Waals surface area contributed by atoms with E-state index in [1.165, 1.54) is 37.3 Å². The van der Waals surface area contributed by atoms with Gasteiger partial charge in [-0.25, -0.2) is 14.5 Å². The summed E-state index contributed by atoms with van der Waals surface area (Å²) in [4.78, 5) is 48.8. The monoisotopic (exact) mass is 414 g/mol. The Morgan fingerprint density at radius 2 is 1.86 bits per heavy atom. The fourth-order valence-electron chi connectivity index (χ4n) is 2.57. The van der Waals surface area contributed by atoms with Gasteiger partial charge in [0, 0.05) is 5.02 Å². The van der Waals surface area contributed by atoms with Crippen LogP contribution in [-0.2, 0) is 14.4 Å². The van der Waals surface area contributed by atoms with E-state index in [9.17, 15) is 19.2 Å². The molecule has 1 saturated heterocycles. The lowest BCUT2D eigenvalue weighted by Gasteiger charge is -2.26. The number of nitrogens with zero attached hydrogens (tertiary/aromatic N) is 1. The standard InChI is InChI=1S/C20H15ClN2O6/c1-11(19(26)27)29-15-7-5-12(6-8-15)9-16-17(24)22-20(28)23(18(16)25)14-4-2-3-13(21)10-14/h2-11H,1H3,(H,26,27)(H,22,24,28)/b16-9+/t11-/m1/s1. The van der Waals surface area contributed by atoms with Crippen LogP contribution in [0.25, 0.3) is 6.08 Å². The van der Waals surface area contributed by atoms with Crippen LogP contribution in [0.3, 0.4) is 0 Å². The third-order valence-corrected chi connectivity index (χ3v) is 4.25. The normalized spacial score (nSPS) is 16.6. The summed E-state index contributed by atoms with van der Waals surface area (Å²) in [6.07, 6.45) is 0.300. The first-order chi connectivity index (χ1) is 13.8. The van der Waals surface area contributed by atoms with Gasteiger partial charge in [0.2, 0.25) is 0 Å². The van der Waals surface area contributed by atoms with Gasteiger partial charge in [0.05, 0.1) is 5.69 Å². The lowest BCUT2D eigenvalue weighted by atomic mass is 10.1. The van der Waals surface area contributed by atoms with Gasteiger partial charge < -0.3 is 9.84 Å². The topological polar surface area (TPSA) is 113 Å². The van der Waals surface area contributed by atoms with Crippen molar-refractivity contribution in [2.75, 3.05) is 4.90 Å². The zero-order valence-electron chi connectivity index (χ0n) is 15.1. The molecule has 0 saturated carbocycles. The third kappa shape index (κ3) is 4.44. The van der Waals surface area contributed by atoms with Crippen molar-refractivity contribution in [2.45, 2.75) is 13.0 Å². The third-order valence-electron chi connectivity index (χ3n) is 4.02. The molecule has 1 fully saturated rings. The SMILES string of the molecule is C[C@@H](Oc1ccc(/C=C2\C(=O)NC(=O)N(c3cccc(Cl)c3)C2=O)cc1)C(=O)O. The fraction of sp³-hybridized carbons (Fsp3) is 0.100. The number of imide groups is 2. The second-order valence-electron chi connectivity index (χ2n) is 6.11. The van der Waals surface area contributed by atoms with Crippen molar-refractivity contribution in [3.63, 3.8) is 0 Å². The highest BCUT2D eigenvalue weighted by Gasteiger charge is 2.36. The van der Waals surface area contributed by atoms with E-state index in [2.05, 4.69) is 5.32 Å². The number of carbonyl (C=O) groups excluding carboxylic acids is 3. The molecule has 1 aliphatic rings. The molecule has 3 rings (SSSR count). The van der Waals surface area contributed by atoms with Crippen molar-refractivity contribution in [3.05, 3.63) is 64.7 Å². The van der Waals surface area contributed by atoms with Gasteiger partial charge in [-0.15, -0.1) is 0 Å². The van der Waals surface area contributed by atoms with Gasteiger partial charge in [-0.1, -0.05) is 29.8 Å². The van der Waals surface area contributed by atoms with Gasteiger partial charge in [-0.3, -0.25) is 14.9 Å². The Morgan fingerprint density at radius 1 is 1.17 bits per heavy atom. The molecule has 4 amide bonds. The molecule has 0 aromatic heterocycles. The maximum atomic E-state index is 12.8. The van der Waals surface area contributed by atoms with E-state index in [4.69, 9.17) is 21.4 Å². The predicted molar refractivity (Wildman–Crippen MR) is 105 cm³/mol. The summed E-state index contributed by atoms with van der Waals surface area (Å²) < 4.78 is 5.23. The molecule has 1 heterocycles. The smallest absolute Gasteiger partial charge is 0.344 e. The van der Waals surface area contributed by atoms with Gasteiger partial charge >= 0.3 is 12.0 Å². The summed E-state index contributed by atoms with van der Waals surface area (Å²) in [7, 11) is 0. The molecule has 0 bridgehead atoms. The number of carbonyl (C=O) groups is 4. The van der Waals surface area contributed by atoms with Crippen molar-refractivity contribution in [3.8, 4) is 5.75 Å². The number of nitrogens with one attached hydrogen (secondary N) is 1. The zero-order chi connectivity index (χ0) is 21.1. The number of hydrogen-bond acceptors (Lipinski definition) is 5. The minimum absolute atomic E-state index is 0.227. The van der Waals surface area contributed by atoms with Crippen LogP contribution in [0.1, 0.15) is 12.5 Å². The summed E-state index contributed by atoms with van der Waals surface area (Å²) in [5.74, 6) is -2.40. The van der Waals surface area contributed by atoms with Gasteiger partial charge in [-0.2, -0.15) is 0 Å². The Kier molecular flexibility index (Phi) is 5.65. The van der Waals surface area contributed by atoms with Crippen molar-refractivity contribution in [2.24, 2.45) is 0 Å². The van der Waals surface area contributed by atoms with Crippen molar-refractivity contribution < 1.29 is 29.0 Å². The molecule has 0 aliphatic carbocycles. The van der Waals surface area contributed by atoms with Crippen LogP contribution in [0.15, 0.2) is 54.1 Å². The molecule has 9 heteroatoms. The van der Waals surface area contributed by atoms with Crippen LogP contribution in [0, 0.1) is 0 Å². The summed E-state index contributed by atoms with van der Waals surface area (Å²) >= 11 is 5.92. The number of hydrogen-bond donors (Lipinski definition) is 2. The number of carboxylic acid groups (broad SMARTS) is 1. The number of barbiturate groups is 1. The second-order valence-corrected chi connectivity index (χ2v) is 6.54. The predicted octanol–water partition coefficient (Wildman–Crippen LogP) is 2.86. The number of rotatable bonds is 5. The molecular formula is C20H15ClN2O6. The van der Waals surface area contributed by atoms with Gasteiger partial charge in [0.25, 0.3) is 11.8 Å². The quantitative estimate of drug-likeness (QED) is 0.574. The molecule has 148 valence electrons. The van der Waals surface area contributed by atoms with Crippen LogP contribution in [0.5, 0.6) is 5.75 Å². The van der Waals surface area contributed by atoms with Crippen LogP contribution in [0.2, 0.25) is 5.02 Å². The highest BCUT2D eigenvalue weighted by Crippen LogP contribution is 2.25. The van der Waals surface area contributed by atoms with Gasteiger partial charge in [0.1, 0.15) is 11.3 Å². The average molecular weight is 415 g/mol.